The molecule has 0 aliphatic heterocycles. The van der Waals surface area contributed by atoms with E-state index >= 15 is 0 Å². The standard InChI is InChI=1S/C15H17ClN2/c16-12-7-8-14-11(10-12)6-9-15(18-14)17-13-4-2-1-3-5-13/h6-10,13H,1-5H2,(H,17,18). The van der Waals surface area contributed by atoms with Crippen LogP contribution in [0.15, 0.2) is 30.3 Å². The molecule has 1 heterocycles. The molecule has 1 N–H and O–H groups in total. The quantitative estimate of drug-likeness (QED) is 0.851. The van der Waals surface area contributed by atoms with E-state index in [-0.39, 0.29) is 0 Å². The highest BCUT2D eigenvalue weighted by atomic mass is 35.5. The van der Waals surface area contributed by atoms with E-state index in [9.17, 15) is 0 Å². The van der Waals surface area contributed by atoms with Gasteiger partial charge in [0.1, 0.15) is 5.82 Å². The average Bonchev–Trinajstić information content (AvgIpc) is 2.40. The zero-order chi connectivity index (χ0) is 12.4. The van der Waals surface area contributed by atoms with Gasteiger partial charge in [0, 0.05) is 16.5 Å². The van der Waals surface area contributed by atoms with Crippen LogP contribution >= 0.6 is 11.6 Å². The molecule has 0 saturated heterocycles. The largest absolute Gasteiger partial charge is 0.367 e. The van der Waals surface area contributed by atoms with E-state index in [4.69, 9.17) is 11.6 Å². The number of nitrogens with zero attached hydrogens (tertiary/aromatic N) is 1. The van der Waals surface area contributed by atoms with E-state index in [0.717, 1.165) is 21.7 Å². The molecule has 0 unspecified atom stereocenters. The second-order valence-corrected chi connectivity index (χ2v) is 5.45. The van der Waals surface area contributed by atoms with E-state index in [2.05, 4.69) is 16.4 Å². The lowest BCUT2D eigenvalue weighted by molar-refractivity contribution is 0.462. The molecule has 2 nitrogen and oxygen atoms in total. The summed E-state index contributed by atoms with van der Waals surface area (Å²) in [6.07, 6.45) is 6.57. The van der Waals surface area contributed by atoms with Crippen LogP contribution < -0.4 is 5.32 Å². The van der Waals surface area contributed by atoms with Crippen molar-refractivity contribution >= 4 is 28.3 Å². The number of pyridine rings is 1. The molecule has 1 saturated carbocycles. The molecule has 1 fully saturated rings. The van der Waals surface area contributed by atoms with E-state index in [0.29, 0.717) is 6.04 Å². The van der Waals surface area contributed by atoms with Gasteiger partial charge in [-0.1, -0.05) is 30.9 Å². The summed E-state index contributed by atoms with van der Waals surface area (Å²) in [4.78, 5) is 4.64. The van der Waals surface area contributed by atoms with Gasteiger partial charge in [-0.15, -0.1) is 0 Å². The fourth-order valence-corrected chi connectivity index (χ4v) is 2.81. The molecule has 1 aliphatic rings. The second-order valence-electron chi connectivity index (χ2n) is 5.01. The van der Waals surface area contributed by atoms with Crippen LogP contribution in [0.4, 0.5) is 5.82 Å². The Kier molecular flexibility index (Phi) is 3.37. The van der Waals surface area contributed by atoms with Crippen molar-refractivity contribution in [2.75, 3.05) is 5.32 Å². The number of nitrogens with one attached hydrogen (secondary N) is 1. The number of hydrogen-bond acceptors (Lipinski definition) is 2. The molecule has 94 valence electrons. The number of benzene rings is 1. The molecule has 0 atom stereocenters. The molecular formula is C15H17ClN2. The number of hydrogen-bond donors (Lipinski definition) is 1. The minimum atomic E-state index is 0.594. The van der Waals surface area contributed by atoms with Crippen molar-refractivity contribution < 1.29 is 0 Å². The summed E-state index contributed by atoms with van der Waals surface area (Å²) in [6.45, 7) is 0. The topological polar surface area (TPSA) is 24.9 Å². The number of aromatic nitrogens is 1. The first-order valence-electron chi connectivity index (χ1n) is 6.64. The van der Waals surface area contributed by atoms with Gasteiger partial charge in [0.2, 0.25) is 0 Å². The van der Waals surface area contributed by atoms with Gasteiger partial charge < -0.3 is 5.32 Å². The summed E-state index contributed by atoms with van der Waals surface area (Å²) in [6, 6.07) is 10.5. The summed E-state index contributed by atoms with van der Waals surface area (Å²) in [7, 11) is 0. The molecule has 0 bridgehead atoms. The van der Waals surface area contributed by atoms with Crippen LogP contribution in [0.5, 0.6) is 0 Å². The first-order valence-corrected chi connectivity index (χ1v) is 7.02. The van der Waals surface area contributed by atoms with Crippen LogP contribution in [0.3, 0.4) is 0 Å². The van der Waals surface area contributed by atoms with Gasteiger partial charge in [-0.25, -0.2) is 4.98 Å². The Morgan fingerprint density at radius 3 is 2.72 bits per heavy atom. The fourth-order valence-electron chi connectivity index (χ4n) is 2.63. The monoisotopic (exact) mass is 260 g/mol. The number of halogens is 1. The van der Waals surface area contributed by atoms with Gasteiger partial charge >= 0.3 is 0 Å². The van der Waals surface area contributed by atoms with Gasteiger partial charge in [-0.3, -0.25) is 0 Å². The predicted octanol–water partition coefficient (Wildman–Crippen LogP) is 4.63. The highest BCUT2D eigenvalue weighted by molar-refractivity contribution is 6.31. The Morgan fingerprint density at radius 1 is 1.06 bits per heavy atom. The summed E-state index contributed by atoms with van der Waals surface area (Å²) in [5.41, 5.74) is 1.00. The lowest BCUT2D eigenvalue weighted by Gasteiger charge is -2.23. The van der Waals surface area contributed by atoms with Gasteiger partial charge in [0.15, 0.2) is 0 Å². The summed E-state index contributed by atoms with van der Waals surface area (Å²) in [5, 5.41) is 5.40. The minimum absolute atomic E-state index is 0.594. The van der Waals surface area contributed by atoms with Crippen LogP contribution in [0.25, 0.3) is 10.9 Å². The van der Waals surface area contributed by atoms with E-state index in [1.165, 1.54) is 32.1 Å². The third kappa shape index (κ3) is 2.59. The molecule has 1 aliphatic carbocycles. The van der Waals surface area contributed by atoms with Crippen molar-refractivity contribution in [3.05, 3.63) is 35.4 Å². The maximum Gasteiger partial charge on any atom is 0.126 e. The first kappa shape index (κ1) is 11.8. The Morgan fingerprint density at radius 2 is 1.89 bits per heavy atom. The summed E-state index contributed by atoms with van der Waals surface area (Å²) < 4.78 is 0. The maximum atomic E-state index is 5.97. The molecule has 3 heteroatoms. The van der Waals surface area contributed by atoms with Gasteiger partial charge in [-0.2, -0.15) is 0 Å². The van der Waals surface area contributed by atoms with Crippen LogP contribution in [0.1, 0.15) is 32.1 Å². The van der Waals surface area contributed by atoms with Crippen LogP contribution in [-0.2, 0) is 0 Å². The fraction of sp³-hybridized carbons (Fsp3) is 0.400. The van der Waals surface area contributed by atoms with Gasteiger partial charge in [0.05, 0.1) is 5.52 Å². The van der Waals surface area contributed by atoms with Crippen molar-refractivity contribution in [3.8, 4) is 0 Å². The maximum absolute atomic E-state index is 5.97. The zero-order valence-electron chi connectivity index (χ0n) is 10.3. The third-order valence-corrected chi connectivity index (χ3v) is 3.84. The number of fused-ring (bicyclic) bond motifs is 1. The zero-order valence-corrected chi connectivity index (χ0v) is 11.1. The van der Waals surface area contributed by atoms with Gasteiger partial charge in [0.25, 0.3) is 0 Å². The van der Waals surface area contributed by atoms with Crippen LogP contribution in [0, 0.1) is 0 Å². The van der Waals surface area contributed by atoms with Crippen molar-refractivity contribution in [1.82, 2.24) is 4.98 Å². The smallest absolute Gasteiger partial charge is 0.126 e. The molecule has 3 rings (SSSR count). The van der Waals surface area contributed by atoms with Crippen LogP contribution in [-0.4, -0.2) is 11.0 Å². The molecule has 0 spiro atoms. The molecule has 1 aromatic carbocycles. The minimum Gasteiger partial charge on any atom is -0.367 e. The van der Waals surface area contributed by atoms with Crippen molar-refractivity contribution in [2.45, 2.75) is 38.1 Å². The second kappa shape index (κ2) is 5.15. The highest BCUT2D eigenvalue weighted by Crippen LogP contribution is 2.23. The molecular weight excluding hydrogens is 244 g/mol. The highest BCUT2D eigenvalue weighted by Gasteiger charge is 2.13. The van der Waals surface area contributed by atoms with Crippen molar-refractivity contribution in [2.24, 2.45) is 0 Å². The first-order chi connectivity index (χ1) is 8.81. The molecule has 1 aromatic heterocycles. The molecule has 18 heavy (non-hydrogen) atoms. The predicted molar refractivity (Wildman–Crippen MR) is 77.2 cm³/mol. The van der Waals surface area contributed by atoms with Crippen molar-refractivity contribution in [1.29, 1.82) is 0 Å². The summed E-state index contributed by atoms with van der Waals surface area (Å²) >= 11 is 5.97. The molecule has 0 amide bonds. The molecule has 0 radical (unpaired) electrons. The van der Waals surface area contributed by atoms with E-state index < -0.39 is 0 Å². The SMILES string of the molecule is Clc1ccc2nc(NC3CCCCC3)ccc2c1. The average molecular weight is 261 g/mol. The third-order valence-electron chi connectivity index (χ3n) is 3.61. The van der Waals surface area contributed by atoms with Crippen molar-refractivity contribution in [3.63, 3.8) is 0 Å². The van der Waals surface area contributed by atoms with E-state index in [1.807, 2.05) is 24.3 Å². The summed E-state index contributed by atoms with van der Waals surface area (Å²) in [5.74, 6) is 0.983. The number of anilines is 1. The Balaban J connectivity index is 1.82. The Bertz CT molecular complexity index is 547. The number of rotatable bonds is 2. The van der Waals surface area contributed by atoms with Gasteiger partial charge in [-0.05, 0) is 43.2 Å². The van der Waals surface area contributed by atoms with E-state index in [1.54, 1.807) is 0 Å². The lowest BCUT2D eigenvalue weighted by Crippen LogP contribution is -2.22. The normalized spacial score (nSPS) is 16.9. The van der Waals surface area contributed by atoms with Crippen LogP contribution in [0.2, 0.25) is 5.02 Å². The Labute approximate surface area is 112 Å². The Hall–Kier alpha value is -1.28. The lowest BCUT2D eigenvalue weighted by atomic mass is 9.95. The molecule has 2 aromatic rings.